The maximum absolute atomic E-state index is 13.7. The Kier molecular flexibility index (Phi) is 4.91. The van der Waals surface area contributed by atoms with Gasteiger partial charge in [0.1, 0.15) is 28.5 Å². The van der Waals surface area contributed by atoms with Crippen LogP contribution in [0.15, 0.2) is 35.3 Å². The molecule has 1 saturated heterocycles. The van der Waals surface area contributed by atoms with Gasteiger partial charge in [-0.2, -0.15) is 0 Å². The zero-order valence-electron chi connectivity index (χ0n) is 16.0. The molecule has 0 bridgehead atoms. The van der Waals surface area contributed by atoms with Crippen LogP contribution in [0.2, 0.25) is 0 Å². The summed E-state index contributed by atoms with van der Waals surface area (Å²) in [7, 11) is 0. The Hall–Kier alpha value is -3.11. The van der Waals surface area contributed by atoms with Crippen LogP contribution < -0.4 is 10.7 Å². The molecule has 3 heterocycles. The first-order chi connectivity index (χ1) is 14.1. The average molecular weight is 419 g/mol. The van der Waals surface area contributed by atoms with E-state index in [9.17, 15) is 28.3 Å². The Morgan fingerprint density at radius 2 is 2.10 bits per heavy atom. The highest BCUT2D eigenvalue weighted by molar-refractivity contribution is 5.97. The zero-order chi connectivity index (χ0) is 21.6. The van der Waals surface area contributed by atoms with Crippen LogP contribution in [-0.4, -0.2) is 51.4 Å². The summed E-state index contributed by atoms with van der Waals surface area (Å²) < 4.78 is 33.7. The van der Waals surface area contributed by atoms with Gasteiger partial charge in [0.25, 0.3) is 11.8 Å². The molecular formula is C20H19F2N3O5. The molecule has 2 N–H and O–H groups in total. The van der Waals surface area contributed by atoms with Crippen LogP contribution in [0.5, 0.6) is 0 Å². The molecule has 10 heteroatoms. The van der Waals surface area contributed by atoms with E-state index in [0.717, 1.165) is 12.1 Å². The smallest absolute Gasteiger partial charge is 0.272 e. The van der Waals surface area contributed by atoms with Gasteiger partial charge >= 0.3 is 0 Å². The summed E-state index contributed by atoms with van der Waals surface area (Å²) in [5, 5.41) is 12.6. The summed E-state index contributed by atoms with van der Waals surface area (Å²) in [6.45, 7) is 1.61. The van der Waals surface area contributed by atoms with Gasteiger partial charge in [-0.3, -0.25) is 14.4 Å². The number of aromatic nitrogens is 1. The van der Waals surface area contributed by atoms with Crippen molar-refractivity contribution in [2.24, 2.45) is 0 Å². The van der Waals surface area contributed by atoms with Crippen LogP contribution >= 0.6 is 0 Å². The highest BCUT2D eigenvalue weighted by Gasteiger charge is 2.42. The van der Waals surface area contributed by atoms with Gasteiger partial charge in [-0.05, 0) is 13.0 Å². The molecule has 0 radical (unpaired) electrons. The normalized spacial score (nSPS) is 23.0. The molecule has 0 unspecified atom stereocenters. The number of carbonyl (C=O) groups is 2. The number of amides is 2. The van der Waals surface area contributed by atoms with Crippen LogP contribution in [0.25, 0.3) is 0 Å². The number of hydrogen-bond acceptors (Lipinski definition) is 5. The maximum Gasteiger partial charge on any atom is 0.272 e. The molecule has 2 amide bonds. The number of nitrogens with one attached hydrogen (secondary N) is 1. The molecule has 2 aliphatic rings. The topological polar surface area (TPSA) is 101 Å². The first-order valence-electron chi connectivity index (χ1n) is 9.26. The minimum Gasteiger partial charge on any atom is -0.386 e. The van der Waals surface area contributed by atoms with Gasteiger partial charge in [0.05, 0.1) is 19.7 Å². The fourth-order valence-electron chi connectivity index (χ4n) is 3.57. The molecule has 158 valence electrons. The summed E-state index contributed by atoms with van der Waals surface area (Å²) in [5.41, 5.74) is -1.93. The SMILES string of the molecule is C[C@]1(O)CO[C@@H]2Cn3cc(C(=O)NCc4ccc(F)cc4F)c(=O)cc3C(=O)N2C1. The molecule has 1 aromatic carbocycles. The fraction of sp³-hybridized carbons (Fsp3) is 0.350. The summed E-state index contributed by atoms with van der Waals surface area (Å²) in [5.74, 6) is -2.78. The Balaban J connectivity index is 1.56. The van der Waals surface area contributed by atoms with Gasteiger partial charge in [0.2, 0.25) is 0 Å². The molecule has 30 heavy (non-hydrogen) atoms. The van der Waals surface area contributed by atoms with Crippen molar-refractivity contribution in [3.63, 3.8) is 0 Å². The molecule has 1 fully saturated rings. The quantitative estimate of drug-likeness (QED) is 0.760. The number of aliphatic hydroxyl groups is 1. The number of pyridine rings is 1. The molecule has 0 aliphatic carbocycles. The van der Waals surface area contributed by atoms with Gasteiger partial charge < -0.3 is 24.6 Å². The van der Waals surface area contributed by atoms with E-state index in [0.29, 0.717) is 6.07 Å². The molecule has 4 rings (SSSR count). The summed E-state index contributed by atoms with van der Waals surface area (Å²) >= 11 is 0. The summed E-state index contributed by atoms with van der Waals surface area (Å²) in [6, 6.07) is 4.04. The van der Waals surface area contributed by atoms with Crippen LogP contribution in [0.3, 0.4) is 0 Å². The second kappa shape index (κ2) is 7.29. The predicted octanol–water partition coefficient (Wildman–Crippen LogP) is 0.620. The molecule has 8 nitrogen and oxygen atoms in total. The minimum atomic E-state index is -1.19. The van der Waals surface area contributed by atoms with Gasteiger partial charge in [-0.15, -0.1) is 0 Å². The van der Waals surface area contributed by atoms with Gasteiger partial charge in [0, 0.05) is 30.4 Å². The van der Waals surface area contributed by atoms with Crippen LogP contribution in [0.4, 0.5) is 8.78 Å². The summed E-state index contributed by atoms with van der Waals surface area (Å²) in [6.07, 6.45) is 0.635. The number of halogens is 2. The molecule has 1 aromatic heterocycles. The molecule has 2 aliphatic heterocycles. The lowest BCUT2D eigenvalue weighted by Crippen LogP contribution is -2.61. The lowest BCUT2D eigenvalue weighted by atomic mass is 10.0. The second-order valence-corrected chi connectivity index (χ2v) is 7.70. The number of nitrogens with zero attached hydrogens (tertiary/aromatic N) is 2. The Labute approximate surface area is 169 Å². The largest absolute Gasteiger partial charge is 0.386 e. The lowest BCUT2D eigenvalue weighted by molar-refractivity contribution is -0.173. The summed E-state index contributed by atoms with van der Waals surface area (Å²) in [4.78, 5) is 39.0. The van der Waals surface area contributed by atoms with E-state index in [2.05, 4.69) is 5.32 Å². The Morgan fingerprint density at radius 1 is 1.33 bits per heavy atom. The van der Waals surface area contributed by atoms with Crippen molar-refractivity contribution >= 4 is 11.8 Å². The maximum atomic E-state index is 13.7. The first kappa shape index (κ1) is 20.2. The molecule has 0 saturated carbocycles. The highest BCUT2D eigenvalue weighted by atomic mass is 19.1. The Bertz CT molecular complexity index is 1100. The van der Waals surface area contributed by atoms with Gasteiger partial charge in [0.15, 0.2) is 11.7 Å². The third-order valence-electron chi connectivity index (χ3n) is 5.10. The Morgan fingerprint density at radius 3 is 2.83 bits per heavy atom. The lowest BCUT2D eigenvalue weighted by Gasteiger charge is -2.45. The van der Waals surface area contributed by atoms with E-state index in [-0.39, 0.29) is 43.1 Å². The number of benzene rings is 1. The average Bonchev–Trinajstić information content (AvgIpc) is 2.68. The van der Waals surface area contributed by atoms with Crippen molar-refractivity contribution in [1.82, 2.24) is 14.8 Å². The third-order valence-corrected chi connectivity index (χ3v) is 5.10. The highest BCUT2D eigenvalue weighted by Crippen LogP contribution is 2.25. The van der Waals surface area contributed by atoms with Crippen LogP contribution in [-0.2, 0) is 17.8 Å². The van der Waals surface area contributed by atoms with Crippen molar-refractivity contribution in [2.75, 3.05) is 13.2 Å². The molecular weight excluding hydrogens is 400 g/mol. The fourth-order valence-corrected chi connectivity index (χ4v) is 3.57. The number of ether oxygens (including phenoxy) is 1. The number of fused-ring (bicyclic) bond motifs is 2. The van der Waals surface area contributed by atoms with E-state index in [1.807, 2.05) is 0 Å². The monoisotopic (exact) mass is 419 g/mol. The van der Waals surface area contributed by atoms with Gasteiger partial charge in [-0.25, -0.2) is 8.78 Å². The minimum absolute atomic E-state index is 0.0492. The second-order valence-electron chi connectivity index (χ2n) is 7.70. The van der Waals surface area contributed by atoms with Gasteiger partial charge in [-0.1, -0.05) is 6.07 Å². The number of rotatable bonds is 3. The van der Waals surface area contributed by atoms with Crippen LogP contribution in [0, 0.1) is 11.6 Å². The van der Waals surface area contributed by atoms with Crippen molar-refractivity contribution in [1.29, 1.82) is 0 Å². The van der Waals surface area contributed by atoms with Crippen molar-refractivity contribution in [2.45, 2.75) is 31.8 Å². The van der Waals surface area contributed by atoms with E-state index in [1.165, 1.54) is 21.7 Å². The van der Waals surface area contributed by atoms with Crippen molar-refractivity contribution < 1.29 is 28.2 Å². The third kappa shape index (κ3) is 3.71. The molecule has 2 atom stereocenters. The number of hydrogen-bond donors (Lipinski definition) is 2. The molecule has 0 spiro atoms. The van der Waals surface area contributed by atoms with E-state index in [4.69, 9.17) is 4.74 Å². The van der Waals surface area contributed by atoms with E-state index < -0.39 is 40.7 Å². The molecule has 2 aromatic rings. The van der Waals surface area contributed by atoms with Crippen LogP contribution in [0.1, 0.15) is 33.3 Å². The first-order valence-corrected chi connectivity index (χ1v) is 9.26. The van der Waals surface area contributed by atoms with Crippen molar-refractivity contribution in [3.05, 3.63) is 69.1 Å². The van der Waals surface area contributed by atoms with Crippen molar-refractivity contribution in [3.8, 4) is 0 Å². The van der Waals surface area contributed by atoms with E-state index in [1.54, 1.807) is 6.92 Å². The number of carbonyl (C=O) groups excluding carboxylic acids is 2. The zero-order valence-corrected chi connectivity index (χ0v) is 16.0. The predicted molar refractivity (Wildman–Crippen MR) is 99.6 cm³/mol. The standard InChI is InChI=1S/C20H19F2N3O5/c1-20(29)9-25-17(30-10-20)8-24-7-13(16(26)5-15(24)19(25)28)18(27)23-6-11-2-3-12(21)4-14(11)22/h2-5,7,17,29H,6,8-10H2,1H3,(H,23,27)/t17-,20-/m1/s1. The van der Waals surface area contributed by atoms with E-state index >= 15 is 0 Å².